The smallest absolute Gasteiger partial charge is 0.261 e. The van der Waals surface area contributed by atoms with Crippen LogP contribution in [0.5, 0.6) is 0 Å². The molecule has 1 heterocycles. The number of hydrogen-bond donors (Lipinski definition) is 0. The molecule has 3 rings (SSSR count). The Balaban J connectivity index is 2.13. The van der Waals surface area contributed by atoms with Gasteiger partial charge in [-0.15, -0.1) is 0 Å². The molecule has 2 aromatic rings. The van der Waals surface area contributed by atoms with Gasteiger partial charge in [-0.3, -0.25) is 0 Å². The predicted molar refractivity (Wildman–Crippen MR) is 104 cm³/mol. The molecule has 1 aliphatic heterocycles. The van der Waals surface area contributed by atoms with E-state index in [1.807, 2.05) is 11.8 Å². The molecule has 1 saturated heterocycles. The zero-order valence-corrected chi connectivity index (χ0v) is 16.3. The highest BCUT2D eigenvalue weighted by atomic mass is 32.2. The van der Waals surface area contributed by atoms with Crippen molar-refractivity contribution < 1.29 is 4.43 Å². The first-order valence-electron chi connectivity index (χ1n) is 8.26. The Morgan fingerprint density at radius 2 is 1.39 bits per heavy atom. The molecule has 23 heavy (non-hydrogen) atoms. The molecule has 0 bridgehead atoms. The minimum Gasteiger partial charge on any atom is -0.406 e. The van der Waals surface area contributed by atoms with E-state index in [1.54, 1.807) is 0 Å². The molecule has 0 radical (unpaired) electrons. The van der Waals surface area contributed by atoms with Crippen molar-refractivity contribution in [3.63, 3.8) is 0 Å². The number of benzene rings is 2. The molecule has 1 nitrogen and oxygen atoms in total. The molecular weight excluding hydrogens is 316 g/mol. The van der Waals surface area contributed by atoms with E-state index in [0.29, 0.717) is 4.75 Å². The lowest BCUT2D eigenvalue weighted by atomic mass is 10.2. The second kappa shape index (κ2) is 6.12. The Bertz CT molecular complexity index is 605. The van der Waals surface area contributed by atoms with Crippen LogP contribution in [0.2, 0.25) is 5.04 Å². The highest BCUT2D eigenvalue weighted by Crippen LogP contribution is 2.46. The molecule has 0 saturated carbocycles. The Kier molecular flexibility index (Phi) is 4.47. The Hall–Kier alpha value is -1.03. The second-order valence-corrected chi connectivity index (χ2v) is 13.6. The van der Waals surface area contributed by atoms with Gasteiger partial charge in [-0.2, -0.15) is 11.8 Å². The van der Waals surface area contributed by atoms with Crippen LogP contribution in [-0.2, 0) is 4.43 Å². The van der Waals surface area contributed by atoms with Gasteiger partial charge in [0.25, 0.3) is 8.32 Å². The molecule has 3 heteroatoms. The first kappa shape index (κ1) is 16.8. The van der Waals surface area contributed by atoms with E-state index in [-0.39, 0.29) is 5.04 Å². The van der Waals surface area contributed by atoms with Crippen LogP contribution in [0, 0.1) is 0 Å². The van der Waals surface area contributed by atoms with Gasteiger partial charge in [0, 0.05) is 17.1 Å². The Morgan fingerprint density at radius 3 is 1.74 bits per heavy atom. The Morgan fingerprint density at radius 1 is 0.957 bits per heavy atom. The molecule has 1 fully saturated rings. The van der Waals surface area contributed by atoms with Gasteiger partial charge in [-0.25, -0.2) is 0 Å². The largest absolute Gasteiger partial charge is 0.406 e. The normalized spacial score (nSPS) is 21.2. The van der Waals surface area contributed by atoms with Crippen molar-refractivity contribution in [3.05, 3.63) is 60.7 Å². The summed E-state index contributed by atoms with van der Waals surface area (Å²) in [6, 6.07) is 21.8. The highest BCUT2D eigenvalue weighted by Gasteiger charge is 2.52. The van der Waals surface area contributed by atoms with Gasteiger partial charge in [-0.1, -0.05) is 81.4 Å². The molecule has 1 aliphatic rings. The summed E-state index contributed by atoms with van der Waals surface area (Å²) in [6.07, 6.45) is 0. The van der Waals surface area contributed by atoms with Gasteiger partial charge in [0.1, 0.15) is 0 Å². The average molecular weight is 343 g/mol. The quantitative estimate of drug-likeness (QED) is 0.598. The van der Waals surface area contributed by atoms with Gasteiger partial charge in [-0.05, 0) is 22.3 Å². The van der Waals surface area contributed by atoms with E-state index in [1.165, 1.54) is 16.1 Å². The van der Waals surface area contributed by atoms with Crippen molar-refractivity contribution in [2.75, 3.05) is 12.4 Å². The van der Waals surface area contributed by atoms with Crippen LogP contribution in [0.4, 0.5) is 0 Å². The molecule has 2 aromatic carbocycles. The number of hydrogen-bond acceptors (Lipinski definition) is 2. The van der Waals surface area contributed by atoms with Gasteiger partial charge >= 0.3 is 0 Å². The number of rotatable bonds is 5. The summed E-state index contributed by atoms with van der Waals surface area (Å²) in [7, 11) is -2.33. The molecule has 0 spiro atoms. The van der Waals surface area contributed by atoms with Gasteiger partial charge in [0.2, 0.25) is 0 Å². The third kappa shape index (κ3) is 3.28. The first-order chi connectivity index (χ1) is 10.9. The summed E-state index contributed by atoms with van der Waals surface area (Å²) < 4.78 is 7.22. The van der Waals surface area contributed by atoms with Crippen LogP contribution in [0.15, 0.2) is 60.7 Å². The van der Waals surface area contributed by atoms with Crippen molar-refractivity contribution >= 4 is 30.5 Å². The fraction of sp³-hybridized carbons (Fsp3) is 0.400. The molecule has 0 aliphatic carbocycles. The third-order valence-electron chi connectivity index (χ3n) is 4.65. The standard InChI is InChI=1S/C20H26OSSi/c1-19(2,3)23(17-11-7-5-8-12-17,18-13-9-6-10-14-18)21-15-20(4)16-22-20/h5-14H,15-16H2,1-4H3. The molecule has 122 valence electrons. The summed E-state index contributed by atoms with van der Waals surface area (Å²) in [6.45, 7) is 10.2. The van der Waals surface area contributed by atoms with Crippen molar-refractivity contribution in [1.82, 2.24) is 0 Å². The van der Waals surface area contributed by atoms with E-state index in [9.17, 15) is 0 Å². The topological polar surface area (TPSA) is 9.23 Å². The molecular formula is C20H26OSSi. The summed E-state index contributed by atoms with van der Waals surface area (Å²) in [5, 5.41) is 2.81. The van der Waals surface area contributed by atoms with Crippen LogP contribution in [0.25, 0.3) is 0 Å². The summed E-state index contributed by atoms with van der Waals surface area (Å²) in [5.74, 6) is 1.21. The van der Waals surface area contributed by atoms with Crippen LogP contribution in [-0.4, -0.2) is 25.4 Å². The highest BCUT2D eigenvalue weighted by molar-refractivity contribution is 8.07. The molecule has 1 atom stereocenters. The lowest BCUT2D eigenvalue weighted by Crippen LogP contribution is -2.67. The van der Waals surface area contributed by atoms with Crippen LogP contribution >= 0.6 is 11.8 Å². The van der Waals surface area contributed by atoms with E-state index in [0.717, 1.165) is 6.61 Å². The van der Waals surface area contributed by atoms with Crippen molar-refractivity contribution in [2.45, 2.75) is 37.5 Å². The monoisotopic (exact) mass is 342 g/mol. The van der Waals surface area contributed by atoms with E-state index < -0.39 is 8.32 Å². The molecule has 0 aromatic heterocycles. The van der Waals surface area contributed by atoms with Crippen molar-refractivity contribution in [1.29, 1.82) is 0 Å². The van der Waals surface area contributed by atoms with Gasteiger partial charge in [0.05, 0.1) is 0 Å². The summed E-state index contributed by atoms with van der Waals surface area (Å²) in [4.78, 5) is 0. The summed E-state index contributed by atoms with van der Waals surface area (Å²) in [5.41, 5.74) is 0. The zero-order valence-electron chi connectivity index (χ0n) is 14.5. The van der Waals surface area contributed by atoms with E-state index in [4.69, 9.17) is 4.43 Å². The van der Waals surface area contributed by atoms with Gasteiger partial charge < -0.3 is 4.43 Å². The Labute approximate surface area is 145 Å². The average Bonchev–Trinajstić information content (AvgIpc) is 3.27. The van der Waals surface area contributed by atoms with E-state index >= 15 is 0 Å². The minimum absolute atomic E-state index is 0.0750. The second-order valence-electron chi connectivity index (χ2n) is 7.69. The minimum atomic E-state index is -2.33. The van der Waals surface area contributed by atoms with E-state index in [2.05, 4.69) is 88.4 Å². The van der Waals surface area contributed by atoms with Crippen molar-refractivity contribution in [3.8, 4) is 0 Å². The molecule has 0 amide bonds. The lowest BCUT2D eigenvalue weighted by Gasteiger charge is -2.43. The van der Waals surface area contributed by atoms with Crippen LogP contribution in [0.1, 0.15) is 27.7 Å². The first-order valence-corrected chi connectivity index (χ1v) is 11.2. The summed E-state index contributed by atoms with van der Waals surface area (Å²) >= 11 is 2.01. The lowest BCUT2D eigenvalue weighted by molar-refractivity contribution is 0.282. The predicted octanol–water partition coefficient (Wildman–Crippen LogP) is 4.07. The maximum Gasteiger partial charge on any atom is 0.261 e. The van der Waals surface area contributed by atoms with Gasteiger partial charge in [0.15, 0.2) is 0 Å². The fourth-order valence-corrected chi connectivity index (χ4v) is 8.50. The third-order valence-corrected chi connectivity index (χ3v) is 11.0. The zero-order chi connectivity index (χ0) is 16.6. The molecule has 1 unspecified atom stereocenters. The maximum atomic E-state index is 6.91. The van der Waals surface area contributed by atoms with Crippen LogP contribution < -0.4 is 10.4 Å². The van der Waals surface area contributed by atoms with Crippen LogP contribution in [0.3, 0.4) is 0 Å². The SMILES string of the molecule is CC1(CO[Si](c2ccccc2)(c2ccccc2)C(C)(C)C)CS1. The van der Waals surface area contributed by atoms with Crippen molar-refractivity contribution in [2.24, 2.45) is 0 Å². The molecule has 0 N–H and O–H groups in total. The number of thioether (sulfide) groups is 1. The fourth-order valence-electron chi connectivity index (χ4n) is 3.23. The maximum absolute atomic E-state index is 6.91.